The molecule has 2 saturated carbocycles. The van der Waals surface area contributed by atoms with Crippen LogP contribution in [-0.2, 0) is 4.79 Å². The van der Waals surface area contributed by atoms with Gasteiger partial charge in [0.1, 0.15) is 6.04 Å². The number of benzene rings is 1. The minimum absolute atomic E-state index is 0.112. The van der Waals surface area contributed by atoms with Gasteiger partial charge in [0.05, 0.1) is 0 Å². The molecule has 0 bridgehead atoms. The summed E-state index contributed by atoms with van der Waals surface area (Å²) in [6, 6.07) is 8.94. The molecule has 0 saturated heterocycles. The third-order valence-electron chi connectivity index (χ3n) is 9.04. The zero-order valence-electron chi connectivity index (χ0n) is 19.5. The molecule has 3 aliphatic rings. The standard InChI is InChI=1S/C28H39NO2/c1-5-26(2)17-14-22-21(18-26)12-13-23-27(3,15-9-16-28(22,23)4)19-29-24(25(30)31)20-10-7-6-8-11-20/h5-8,10-11,14,21,23-24,29H,1,9,12-13,15-19H2,2-4H3,(H,30,31)/t21?,23?,24-,26-,27-,28-/m0/s1. The highest BCUT2D eigenvalue weighted by Crippen LogP contribution is 2.63. The number of carboxylic acid groups (broad SMARTS) is 1. The minimum Gasteiger partial charge on any atom is -0.480 e. The summed E-state index contributed by atoms with van der Waals surface area (Å²) in [6.45, 7) is 12.1. The van der Waals surface area contributed by atoms with Crippen molar-refractivity contribution in [3.63, 3.8) is 0 Å². The fourth-order valence-electron chi connectivity index (χ4n) is 7.29. The fraction of sp³-hybridized carbons (Fsp3) is 0.607. The monoisotopic (exact) mass is 421 g/mol. The van der Waals surface area contributed by atoms with Crippen LogP contribution in [0.25, 0.3) is 0 Å². The van der Waals surface area contributed by atoms with Crippen LogP contribution in [0.1, 0.15) is 77.3 Å². The van der Waals surface area contributed by atoms with E-state index in [1.165, 1.54) is 38.5 Å². The van der Waals surface area contributed by atoms with Crippen LogP contribution in [0.2, 0.25) is 0 Å². The summed E-state index contributed by atoms with van der Waals surface area (Å²) in [4.78, 5) is 12.0. The lowest BCUT2D eigenvalue weighted by Gasteiger charge is -2.59. The molecule has 3 aliphatic carbocycles. The highest BCUT2D eigenvalue weighted by atomic mass is 16.4. The maximum Gasteiger partial charge on any atom is 0.325 e. The van der Waals surface area contributed by atoms with E-state index in [0.29, 0.717) is 11.8 Å². The molecule has 6 atom stereocenters. The van der Waals surface area contributed by atoms with Crippen molar-refractivity contribution >= 4 is 5.97 Å². The molecular weight excluding hydrogens is 382 g/mol. The third kappa shape index (κ3) is 4.02. The van der Waals surface area contributed by atoms with Gasteiger partial charge in [0.25, 0.3) is 0 Å². The van der Waals surface area contributed by atoms with Crippen molar-refractivity contribution in [2.45, 2.75) is 71.8 Å². The summed E-state index contributed by atoms with van der Waals surface area (Å²) < 4.78 is 0. The fourth-order valence-corrected chi connectivity index (χ4v) is 7.29. The number of allylic oxidation sites excluding steroid dienone is 3. The van der Waals surface area contributed by atoms with Crippen molar-refractivity contribution < 1.29 is 9.90 Å². The molecule has 0 heterocycles. The molecule has 0 spiro atoms. The van der Waals surface area contributed by atoms with Gasteiger partial charge in [-0.2, -0.15) is 0 Å². The maximum absolute atomic E-state index is 12.0. The quantitative estimate of drug-likeness (QED) is 0.513. The van der Waals surface area contributed by atoms with Gasteiger partial charge in [0, 0.05) is 6.54 Å². The average Bonchev–Trinajstić information content (AvgIpc) is 2.74. The first-order valence-electron chi connectivity index (χ1n) is 12.1. The van der Waals surface area contributed by atoms with Crippen LogP contribution in [0.15, 0.2) is 54.6 Å². The Labute approximate surface area is 188 Å². The van der Waals surface area contributed by atoms with E-state index in [4.69, 9.17) is 0 Å². The number of carboxylic acids is 1. The Morgan fingerprint density at radius 3 is 2.65 bits per heavy atom. The largest absolute Gasteiger partial charge is 0.480 e. The van der Waals surface area contributed by atoms with Gasteiger partial charge in [-0.1, -0.05) is 75.2 Å². The molecular formula is C28H39NO2. The van der Waals surface area contributed by atoms with Crippen LogP contribution in [-0.4, -0.2) is 17.6 Å². The molecule has 2 N–H and O–H groups in total. The van der Waals surface area contributed by atoms with Crippen LogP contribution in [0, 0.1) is 28.1 Å². The summed E-state index contributed by atoms with van der Waals surface area (Å²) >= 11 is 0. The molecule has 1 aromatic carbocycles. The van der Waals surface area contributed by atoms with E-state index in [0.717, 1.165) is 18.5 Å². The zero-order valence-corrected chi connectivity index (χ0v) is 19.5. The number of hydrogen-bond donors (Lipinski definition) is 2. The summed E-state index contributed by atoms with van der Waals surface area (Å²) in [6.07, 6.45) is 13.2. The Bertz CT molecular complexity index is 861. The van der Waals surface area contributed by atoms with Crippen molar-refractivity contribution in [3.8, 4) is 0 Å². The Balaban J connectivity index is 1.56. The van der Waals surface area contributed by atoms with Crippen molar-refractivity contribution in [2.24, 2.45) is 28.1 Å². The Morgan fingerprint density at radius 1 is 1.23 bits per heavy atom. The van der Waals surface area contributed by atoms with Crippen molar-refractivity contribution in [1.29, 1.82) is 0 Å². The summed E-state index contributed by atoms with van der Waals surface area (Å²) in [5.41, 5.74) is 3.12. The number of nitrogens with one attached hydrogen (secondary N) is 1. The SMILES string of the molecule is C=C[C@@]1(C)CC=C2C(CCC3[C@](C)(CN[C@H](C(=O)O)c4ccccc4)CCC[C@@]23C)C1. The first-order valence-corrected chi connectivity index (χ1v) is 12.1. The number of rotatable bonds is 6. The highest BCUT2D eigenvalue weighted by molar-refractivity contribution is 5.75. The first-order chi connectivity index (χ1) is 14.7. The second-order valence-electron chi connectivity index (χ2n) is 11.2. The molecule has 1 aromatic rings. The number of hydrogen-bond acceptors (Lipinski definition) is 2. The van der Waals surface area contributed by atoms with Gasteiger partial charge in [0.2, 0.25) is 0 Å². The first kappa shape index (κ1) is 22.3. The summed E-state index contributed by atoms with van der Waals surface area (Å²) in [5, 5.41) is 13.3. The van der Waals surface area contributed by atoms with Crippen LogP contribution < -0.4 is 5.32 Å². The smallest absolute Gasteiger partial charge is 0.325 e. The molecule has 0 aliphatic heterocycles. The topological polar surface area (TPSA) is 49.3 Å². The molecule has 2 unspecified atom stereocenters. The Kier molecular flexibility index (Phi) is 5.93. The van der Waals surface area contributed by atoms with Crippen molar-refractivity contribution in [1.82, 2.24) is 5.32 Å². The van der Waals surface area contributed by atoms with Crippen LogP contribution >= 0.6 is 0 Å². The lowest BCUT2D eigenvalue weighted by molar-refractivity contribution is -0.140. The van der Waals surface area contributed by atoms with Gasteiger partial charge >= 0.3 is 5.97 Å². The van der Waals surface area contributed by atoms with E-state index in [9.17, 15) is 9.90 Å². The maximum atomic E-state index is 12.0. The molecule has 0 aromatic heterocycles. The molecule has 0 radical (unpaired) electrons. The summed E-state index contributed by atoms with van der Waals surface area (Å²) in [7, 11) is 0. The lowest BCUT2D eigenvalue weighted by atomic mass is 9.46. The van der Waals surface area contributed by atoms with Crippen molar-refractivity contribution in [2.75, 3.05) is 6.54 Å². The van der Waals surface area contributed by atoms with E-state index in [1.54, 1.807) is 5.57 Å². The van der Waals surface area contributed by atoms with E-state index in [-0.39, 0.29) is 16.2 Å². The van der Waals surface area contributed by atoms with Crippen LogP contribution in [0.3, 0.4) is 0 Å². The normalized spacial score (nSPS) is 38.4. The Hall–Kier alpha value is -1.87. The van der Waals surface area contributed by atoms with E-state index in [1.807, 2.05) is 30.3 Å². The molecule has 3 nitrogen and oxygen atoms in total. The second kappa shape index (κ2) is 8.24. The lowest BCUT2D eigenvalue weighted by Crippen LogP contribution is -2.53. The van der Waals surface area contributed by atoms with E-state index in [2.05, 4.69) is 44.8 Å². The molecule has 2 fully saturated rings. The predicted octanol–water partition coefficient (Wildman–Crippen LogP) is 6.54. The second-order valence-corrected chi connectivity index (χ2v) is 11.2. The molecule has 168 valence electrons. The molecule has 4 rings (SSSR count). The number of carbonyl (C=O) groups is 1. The highest BCUT2D eigenvalue weighted by Gasteiger charge is 2.54. The minimum atomic E-state index is -0.796. The van der Waals surface area contributed by atoms with Gasteiger partial charge in [0.15, 0.2) is 0 Å². The van der Waals surface area contributed by atoms with Gasteiger partial charge < -0.3 is 10.4 Å². The average molecular weight is 422 g/mol. The van der Waals surface area contributed by atoms with Gasteiger partial charge in [-0.25, -0.2) is 0 Å². The van der Waals surface area contributed by atoms with E-state index < -0.39 is 12.0 Å². The molecule has 0 amide bonds. The number of aliphatic carboxylic acids is 1. The van der Waals surface area contributed by atoms with Crippen molar-refractivity contribution in [3.05, 3.63) is 60.2 Å². The zero-order chi connectivity index (χ0) is 22.3. The van der Waals surface area contributed by atoms with E-state index >= 15 is 0 Å². The predicted molar refractivity (Wildman–Crippen MR) is 127 cm³/mol. The van der Waals surface area contributed by atoms with Crippen LogP contribution in [0.5, 0.6) is 0 Å². The third-order valence-corrected chi connectivity index (χ3v) is 9.04. The van der Waals surface area contributed by atoms with Crippen LogP contribution in [0.4, 0.5) is 0 Å². The Morgan fingerprint density at radius 2 is 1.97 bits per heavy atom. The van der Waals surface area contributed by atoms with Gasteiger partial charge in [-0.05, 0) is 72.2 Å². The number of fused-ring (bicyclic) bond motifs is 3. The molecule has 31 heavy (non-hydrogen) atoms. The van der Waals surface area contributed by atoms with Gasteiger partial charge in [-0.3, -0.25) is 4.79 Å². The van der Waals surface area contributed by atoms with Gasteiger partial charge in [-0.15, -0.1) is 6.58 Å². The molecule has 3 heteroatoms. The summed E-state index contributed by atoms with van der Waals surface area (Å²) in [5.74, 6) is 0.488.